The van der Waals surface area contributed by atoms with Crippen molar-refractivity contribution in [1.82, 2.24) is 20.4 Å². The van der Waals surface area contributed by atoms with Crippen molar-refractivity contribution in [2.45, 2.75) is 20.8 Å². The molecule has 0 radical (unpaired) electrons. The van der Waals surface area contributed by atoms with E-state index in [1.807, 2.05) is 6.92 Å². The van der Waals surface area contributed by atoms with Crippen LogP contribution < -0.4 is 10.6 Å². The Morgan fingerprint density at radius 3 is 2.47 bits per heavy atom. The third-order valence-electron chi connectivity index (χ3n) is 2.86. The summed E-state index contributed by atoms with van der Waals surface area (Å²) in [6.45, 7) is 10.4. The van der Waals surface area contributed by atoms with Gasteiger partial charge in [-0.25, -0.2) is 0 Å². The summed E-state index contributed by atoms with van der Waals surface area (Å²) in [5.74, 6) is 0.505. The fraction of sp³-hybridized carbons (Fsp3) is 0.615. The van der Waals surface area contributed by atoms with Crippen LogP contribution in [0.15, 0.2) is 12.1 Å². The molecule has 0 fully saturated rings. The lowest BCUT2D eigenvalue weighted by Crippen LogP contribution is -2.35. The summed E-state index contributed by atoms with van der Waals surface area (Å²) < 4.78 is 0. The van der Waals surface area contributed by atoms with Gasteiger partial charge in [0.2, 0.25) is 0 Å². The van der Waals surface area contributed by atoms with Crippen molar-refractivity contribution in [3.8, 4) is 0 Å². The van der Waals surface area contributed by atoms with Crippen LogP contribution >= 0.6 is 0 Å². The largest absolute Gasteiger partial charge is 0.369 e. The zero-order valence-corrected chi connectivity index (χ0v) is 11.9. The molecule has 0 saturated heterocycles. The van der Waals surface area contributed by atoms with Gasteiger partial charge >= 0.3 is 0 Å². The Balaban J connectivity index is 2.40. The molecule has 1 heterocycles. The molecule has 106 valence electrons. The Kier molecular flexibility index (Phi) is 6.81. The molecule has 0 aliphatic rings. The van der Waals surface area contributed by atoms with Gasteiger partial charge in [0.15, 0.2) is 5.69 Å². The highest BCUT2D eigenvalue weighted by Gasteiger charge is 2.08. The minimum atomic E-state index is -0.178. The first-order chi connectivity index (χ1) is 9.21. The first kappa shape index (κ1) is 15.4. The summed E-state index contributed by atoms with van der Waals surface area (Å²) in [5.41, 5.74) is 0.348. The lowest BCUT2D eigenvalue weighted by atomic mass is 10.3. The molecule has 0 unspecified atom stereocenters. The van der Waals surface area contributed by atoms with Crippen LogP contribution in [0, 0.1) is 0 Å². The number of rotatable bonds is 8. The van der Waals surface area contributed by atoms with E-state index in [0.717, 1.165) is 26.2 Å². The zero-order chi connectivity index (χ0) is 14.1. The second kappa shape index (κ2) is 8.42. The van der Waals surface area contributed by atoms with Gasteiger partial charge in [0.25, 0.3) is 5.91 Å². The van der Waals surface area contributed by atoms with Gasteiger partial charge in [-0.15, -0.1) is 10.2 Å². The molecule has 0 bridgehead atoms. The molecule has 6 heteroatoms. The Labute approximate surface area is 114 Å². The second-order valence-corrected chi connectivity index (χ2v) is 4.12. The van der Waals surface area contributed by atoms with Crippen LogP contribution in [0.1, 0.15) is 31.3 Å². The maximum Gasteiger partial charge on any atom is 0.271 e. The molecule has 0 atom stereocenters. The first-order valence-corrected chi connectivity index (χ1v) is 6.79. The van der Waals surface area contributed by atoms with Gasteiger partial charge in [0.1, 0.15) is 5.82 Å². The Morgan fingerprint density at radius 2 is 1.95 bits per heavy atom. The fourth-order valence-corrected chi connectivity index (χ4v) is 1.69. The molecule has 2 N–H and O–H groups in total. The number of hydrogen-bond donors (Lipinski definition) is 2. The molecular formula is C13H23N5O. The standard InChI is InChI=1S/C13H23N5O/c1-4-14-12-8-7-11(16-17-12)13(19)15-9-10-18(5-2)6-3/h7-8H,4-6,9-10H2,1-3H3,(H,14,17)(H,15,19). The topological polar surface area (TPSA) is 70.2 Å². The molecule has 0 spiro atoms. The number of carbonyl (C=O) groups excluding carboxylic acids is 1. The van der Waals surface area contributed by atoms with Crippen molar-refractivity contribution in [1.29, 1.82) is 0 Å². The van der Waals surface area contributed by atoms with Crippen LogP contribution in [-0.2, 0) is 0 Å². The molecule has 19 heavy (non-hydrogen) atoms. The predicted molar refractivity (Wildman–Crippen MR) is 76.3 cm³/mol. The highest BCUT2D eigenvalue weighted by Crippen LogP contribution is 2.01. The maximum atomic E-state index is 11.8. The normalized spacial score (nSPS) is 10.5. The number of aromatic nitrogens is 2. The third-order valence-corrected chi connectivity index (χ3v) is 2.86. The van der Waals surface area contributed by atoms with Crippen LogP contribution in [0.3, 0.4) is 0 Å². The summed E-state index contributed by atoms with van der Waals surface area (Å²) in [6.07, 6.45) is 0. The highest BCUT2D eigenvalue weighted by atomic mass is 16.1. The molecule has 1 aromatic rings. The maximum absolute atomic E-state index is 11.8. The van der Waals surface area contributed by atoms with E-state index in [4.69, 9.17) is 0 Å². The number of anilines is 1. The number of likely N-dealkylation sites (N-methyl/N-ethyl adjacent to an activating group) is 1. The minimum Gasteiger partial charge on any atom is -0.369 e. The van der Waals surface area contributed by atoms with Gasteiger partial charge in [-0.1, -0.05) is 13.8 Å². The van der Waals surface area contributed by atoms with Crippen molar-refractivity contribution in [3.63, 3.8) is 0 Å². The summed E-state index contributed by atoms with van der Waals surface area (Å²) in [5, 5.41) is 13.7. The second-order valence-electron chi connectivity index (χ2n) is 4.12. The van der Waals surface area contributed by atoms with Crippen LogP contribution in [0.5, 0.6) is 0 Å². The van der Waals surface area contributed by atoms with Gasteiger partial charge in [-0.05, 0) is 32.1 Å². The van der Waals surface area contributed by atoms with Crippen LogP contribution in [0.4, 0.5) is 5.82 Å². The van der Waals surface area contributed by atoms with E-state index < -0.39 is 0 Å². The molecule has 0 aliphatic heterocycles. The van der Waals surface area contributed by atoms with Crippen molar-refractivity contribution < 1.29 is 4.79 Å². The van der Waals surface area contributed by atoms with Crippen molar-refractivity contribution in [2.24, 2.45) is 0 Å². The lowest BCUT2D eigenvalue weighted by molar-refractivity contribution is 0.0943. The van der Waals surface area contributed by atoms with E-state index in [-0.39, 0.29) is 5.91 Å². The summed E-state index contributed by atoms with van der Waals surface area (Å²) in [4.78, 5) is 14.1. The van der Waals surface area contributed by atoms with Gasteiger partial charge < -0.3 is 15.5 Å². The van der Waals surface area contributed by atoms with E-state index >= 15 is 0 Å². The van der Waals surface area contributed by atoms with Crippen molar-refractivity contribution >= 4 is 11.7 Å². The van der Waals surface area contributed by atoms with Crippen molar-refractivity contribution in [2.75, 3.05) is 38.0 Å². The number of nitrogens with one attached hydrogen (secondary N) is 2. The third kappa shape index (κ3) is 5.21. The van der Waals surface area contributed by atoms with Crippen molar-refractivity contribution in [3.05, 3.63) is 17.8 Å². The van der Waals surface area contributed by atoms with Crippen LogP contribution in [-0.4, -0.2) is 53.7 Å². The Bertz CT molecular complexity index is 375. The van der Waals surface area contributed by atoms with Crippen LogP contribution in [0.25, 0.3) is 0 Å². The van der Waals surface area contributed by atoms with E-state index in [0.29, 0.717) is 18.1 Å². The van der Waals surface area contributed by atoms with Gasteiger partial charge in [0.05, 0.1) is 0 Å². The van der Waals surface area contributed by atoms with E-state index in [2.05, 4.69) is 39.6 Å². The Morgan fingerprint density at radius 1 is 1.21 bits per heavy atom. The number of amides is 1. The van der Waals surface area contributed by atoms with Gasteiger partial charge in [-0.3, -0.25) is 4.79 Å². The molecule has 0 aliphatic carbocycles. The number of hydrogen-bond acceptors (Lipinski definition) is 5. The smallest absolute Gasteiger partial charge is 0.271 e. The van der Waals surface area contributed by atoms with Crippen LogP contribution in [0.2, 0.25) is 0 Å². The average molecular weight is 265 g/mol. The molecule has 6 nitrogen and oxygen atoms in total. The molecular weight excluding hydrogens is 242 g/mol. The average Bonchev–Trinajstić information content (AvgIpc) is 2.44. The number of nitrogens with zero attached hydrogens (tertiary/aromatic N) is 3. The molecule has 1 aromatic heterocycles. The highest BCUT2D eigenvalue weighted by molar-refractivity contribution is 5.92. The fourth-order valence-electron chi connectivity index (χ4n) is 1.69. The summed E-state index contributed by atoms with van der Waals surface area (Å²) >= 11 is 0. The molecule has 1 amide bonds. The first-order valence-electron chi connectivity index (χ1n) is 6.79. The SMILES string of the molecule is CCNc1ccc(C(=O)NCCN(CC)CC)nn1. The molecule has 0 aromatic carbocycles. The van der Waals surface area contributed by atoms with Gasteiger partial charge in [0, 0.05) is 19.6 Å². The van der Waals surface area contributed by atoms with E-state index in [1.54, 1.807) is 12.1 Å². The van der Waals surface area contributed by atoms with Gasteiger partial charge in [-0.2, -0.15) is 0 Å². The lowest BCUT2D eigenvalue weighted by Gasteiger charge is -2.17. The summed E-state index contributed by atoms with van der Waals surface area (Å²) in [6, 6.07) is 3.44. The number of carbonyl (C=O) groups is 1. The summed E-state index contributed by atoms with van der Waals surface area (Å²) in [7, 11) is 0. The monoisotopic (exact) mass is 265 g/mol. The molecule has 1 rings (SSSR count). The van der Waals surface area contributed by atoms with E-state index in [1.165, 1.54) is 0 Å². The quantitative estimate of drug-likeness (QED) is 0.733. The zero-order valence-electron chi connectivity index (χ0n) is 11.9. The predicted octanol–water partition coefficient (Wildman–Crippen LogP) is 0.980. The Hall–Kier alpha value is -1.69. The van der Waals surface area contributed by atoms with E-state index in [9.17, 15) is 4.79 Å². The molecule has 0 saturated carbocycles. The minimum absolute atomic E-state index is 0.178.